The SMILES string of the molecule is CN1Cc2nnc(C(=O)NC(C)(C)C)n2CC12CCN(Cc1ccco1)C2. The van der Waals surface area contributed by atoms with Crippen LogP contribution in [-0.2, 0) is 19.6 Å². The van der Waals surface area contributed by atoms with Crippen LogP contribution in [-0.4, -0.2) is 61.7 Å². The third-order valence-corrected chi connectivity index (χ3v) is 5.53. The first kappa shape index (κ1) is 18.2. The Morgan fingerprint density at radius 1 is 1.33 bits per heavy atom. The van der Waals surface area contributed by atoms with E-state index in [1.54, 1.807) is 6.26 Å². The highest BCUT2D eigenvalue weighted by atomic mass is 16.3. The fourth-order valence-electron chi connectivity index (χ4n) is 4.12. The Morgan fingerprint density at radius 3 is 2.85 bits per heavy atom. The Bertz CT molecular complexity index is 822. The molecule has 0 aliphatic carbocycles. The zero-order valence-corrected chi connectivity index (χ0v) is 16.5. The summed E-state index contributed by atoms with van der Waals surface area (Å²) in [6, 6.07) is 3.94. The molecular weight excluding hydrogens is 344 g/mol. The van der Waals surface area contributed by atoms with E-state index >= 15 is 0 Å². The average Bonchev–Trinajstić information content (AvgIpc) is 3.28. The van der Waals surface area contributed by atoms with Gasteiger partial charge in [-0.3, -0.25) is 14.6 Å². The van der Waals surface area contributed by atoms with E-state index in [0.29, 0.717) is 12.4 Å². The molecule has 8 nitrogen and oxygen atoms in total. The number of nitrogens with one attached hydrogen (secondary N) is 1. The monoisotopic (exact) mass is 372 g/mol. The first-order valence-corrected chi connectivity index (χ1v) is 9.46. The lowest BCUT2D eigenvalue weighted by Gasteiger charge is -2.42. The zero-order chi connectivity index (χ0) is 19.2. The van der Waals surface area contributed by atoms with Gasteiger partial charge < -0.3 is 14.3 Å². The van der Waals surface area contributed by atoms with Gasteiger partial charge in [-0.2, -0.15) is 0 Å². The predicted molar refractivity (Wildman–Crippen MR) is 100 cm³/mol. The molecule has 2 aliphatic rings. The second-order valence-electron chi connectivity index (χ2n) is 8.85. The number of aromatic nitrogens is 3. The summed E-state index contributed by atoms with van der Waals surface area (Å²) in [6.45, 7) is 10.1. The summed E-state index contributed by atoms with van der Waals surface area (Å²) in [7, 11) is 2.14. The minimum Gasteiger partial charge on any atom is -0.468 e. The van der Waals surface area contributed by atoms with Gasteiger partial charge in [0.1, 0.15) is 11.6 Å². The van der Waals surface area contributed by atoms with Gasteiger partial charge in [0.2, 0.25) is 5.82 Å². The Morgan fingerprint density at radius 2 is 2.15 bits per heavy atom. The van der Waals surface area contributed by atoms with E-state index in [-0.39, 0.29) is 17.0 Å². The summed E-state index contributed by atoms with van der Waals surface area (Å²) in [5.74, 6) is 2.09. The molecular formula is C19H28N6O2. The van der Waals surface area contributed by atoms with Crippen LogP contribution in [0.2, 0.25) is 0 Å². The molecule has 4 rings (SSSR count). The highest BCUT2D eigenvalue weighted by molar-refractivity contribution is 5.91. The van der Waals surface area contributed by atoms with Crippen LogP contribution in [0.1, 0.15) is 49.4 Å². The van der Waals surface area contributed by atoms with Crippen molar-refractivity contribution < 1.29 is 9.21 Å². The number of carbonyl (C=O) groups is 1. The summed E-state index contributed by atoms with van der Waals surface area (Å²) in [5, 5.41) is 11.5. The number of nitrogens with zero attached hydrogens (tertiary/aromatic N) is 5. The third-order valence-electron chi connectivity index (χ3n) is 5.53. The number of likely N-dealkylation sites (tertiary alicyclic amines) is 1. The molecule has 4 heterocycles. The maximum atomic E-state index is 12.7. The standard InChI is InChI=1S/C19H28N6O2/c1-18(2,3)20-17(26)16-22-21-15-11-23(4)19(13-25(15)16)7-8-24(12-19)10-14-6-5-9-27-14/h5-6,9H,7-8,10-13H2,1-4H3,(H,20,26). The van der Waals surface area contributed by atoms with Crippen LogP contribution in [0, 0.1) is 0 Å². The zero-order valence-electron chi connectivity index (χ0n) is 16.5. The van der Waals surface area contributed by atoms with E-state index in [9.17, 15) is 4.79 Å². The topological polar surface area (TPSA) is 79.4 Å². The van der Waals surface area contributed by atoms with Gasteiger partial charge in [0.25, 0.3) is 5.91 Å². The Labute approximate surface area is 159 Å². The van der Waals surface area contributed by atoms with E-state index in [4.69, 9.17) is 4.42 Å². The predicted octanol–water partition coefficient (Wildman–Crippen LogP) is 1.49. The summed E-state index contributed by atoms with van der Waals surface area (Å²) in [4.78, 5) is 17.5. The maximum absolute atomic E-state index is 12.7. The van der Waals surface area contributed by atoms with Crippen molar-refractivity contribution in [2.75, 3.05) is 20.1 Å². The van der Waals surface area contributed by atoms with Crippen LogP contribution < -0.4 is 5.32 Å². The lowest BCUT2D eigenvalue weighted by Crippen LogP contribution is -2.55. The van der Waals surface area contributed by atoms with Crippen LogP contribution in [0.3, 0.4) is 0 Å². The number of rotatable bonds is 3. The Kier molecular flexibility index (Phi) is 4.35. The van der Waals surface area contributed by atoms with Crippen LogP contribution in [0.4, 0.5) is 0 Å². The molecule has 1 spiro atoms. The number of furan rings is 1. The number of amides is 1. The molecule has 1 saturated heterocycles. The fraction of sp³-hybridized carbons (Fsp3) is 0.632. The number of fused-ring (bicyclic) bond motifs is 1. The molecule has 2 aromatic rings. The molecule has 1 amide bonds. The molecule has 1 unspecified atom stereocenters. The van der Waals surface area contributed by atoms with Gasteiger partial charge in [-0.05, 0) is 46.4 Å². The van der Waals surface area contributed by atoms with Crippen molar-refractivity contribution >= 4 is 5.91 Å². The van der Waals surface area contributed by atoms with Gasteiger partial charge >= 0.3 is 0 Å². The average molecular weight is 372 g/mol. The number of likely N-dealkylation sites (N-methyl/N-ethyl adjacent to an activating group) is 1. The second-order valence-corrected chi connectivity index (χ2v) is 8.85. The molecule has 8 heteroatoms. The first-order chi connectivity index (χ1) is 12.8. The minimum atomic E-state index is -0.306. The quantitative estimate of drug-likeness (QED) is 0.879. The van der Waals surface area contributed by atoms with Gasteiger partial charge in [0.15, 0.2) is 0 Å². The lowest BCUT2D eigenvalue weighted by molar-refractivity contribution is 0.0638. The van der Waals surface area contributed by atoms with Crippen molar-refractivity contribution in [2.24, 2.45) is 0 Å². The van der Waals surface area contributed by atoms with Gasteiger partial charge in [0, 0.05) is 25.2 Å². The largest absolute Gasteiger partial charge is 0.468 e. The van der Waals surface area contributed by atoms with Crippen molar-refractivity contribution in [3.63, 3.8) is 0 Å². The van der Waals surface area contributed by atoms with Crippen LogP contribution in [0.15, 0.2) is 22.8 Å². The summed E-state index contributed by atoms with van der Waals surface area (Å²) < 4.78 is 7.52. The van der Waals surface area contributed by atoms with Crippen LogP contribution >= 0.6 is 0 Å². The van der Waals surface area contributed by atoms with E-state index in [0.717, 1.165) is 44.2 Å². The molecule has 0 bridgehead atoms. The highest BCUT2D eigenvalue weighted by Gasteiger charge is 2.46. The molecule has 2 aromatic heterocycles. The maximum Gasteiger partial charge on any atom is 0.289 e. The van der Waals surface area contributed by atoms with Crippen molar-refractivity contribution in [2.45, 2.75) is 57.9 Å². The molecule has 1 N–H and O–H groups in total. The van der Waals surface area contributed by atoms with Crippen molar-refractivity contribution in [3.05, 3.63) is 35.8 Å². The lowest BCUT2D eigenvalue weighted by atomic mass is 9.94. The van der Waals surface area contributed by atoms with Gasteiger partial charge in [0.05, 0.1) is 24.9 Å². The summed E-state index contributed by atoms with van der Waals surface area (Å²) in [5.41, 5.74) is -0.321. The van der Waals surface area contributed by atoms with E-state index in [1.165, 1.54) is 0 Å². The molecule has 0 saturated carbocycles. The fourth-order valence-corrected chi connectivity index (χ4v) is 4.12. The Balaban J connectivity index is 1.54. The molecule has 0 radical (unpaired) electrons. The van der Waals surface area contributed by atoms with Gasteiger partial charge in [-0.25, -0.2) is 0 Å². The van der Waals surface area contributed by atoms with E-state index in [2.05, 4.69) is 32.4 Å². The molecule has 0 aromatic carbocycles. The molecule has 2 aliphatic heterocycles. The second kappa shape index (κ2) is 6.45. The normalized spacial score (nSPS) is 23.7. The van der Waals surface area contributed by atoms with Crippen molar-refractivity contribution in [3.8, 4) is 0 Å². The van der Waals surface area contributed by atoms with Crippen LogP contribution in [0.25, 0.3) is 0 Å². The van der Waals surface area contributed by atoms with Gasteiger partial charge in [-0.15, -0.1) is 10.2 Å². The number of hydrogen-bond donors (Lipinski definition) is 1. The van der Waals surface area contributed by atoms with E-state index < -0.39 is 0 Å². The molecule has 146 valence electrons. The summed E-state index contributed by atoms with van der Waals surface area (Å²) in [6.07, 6.45) is 2.76. The minimum absolute atomic E-state index is 0.0151. The van der Waals surface area contributed by atoms with Crippen molar-refractivity contribution in [1.82, 2.24) is 29.9 Å². The smallest absolute Gasteiger partial charge is 0.289 e. The Hall–Kier alpha value is -2.19. The number of hydrogen-bond acceptors (Lipinski definition) is 6. The van der Waals surface area contributed by atoms with E-state index in [1.807, 2.05) is 37.5 Å². The highest BCUT2D eigenvalue weighted by Crippen LogP contribution is 2.34. The molecule has 1 fully saturated rings. The number of carbonyl (C=O) groups excluding carboxylic acids is 1. The van der Waals surface area contributed by atoms with Crippen molar-refractivity contribution in [1.29, 1.82) is 0 Å². The first-order valence-electron chi connectivity index (χ1n) is 9.46. The van der Waals surface area contributed by atoms with Crippen LogP contribution in [0.5, 0.6) is 0 Å². The third kappa shape index (κ3) is 3.51. The molecule has 27 heavy (non-hydrogen) atoms. The van der Waals surface area contributed by atoms with Gasteiger partial charge in [-0.1, -0.05) is 0 Å². The summed E-state index contributed by atoms with van der Waals surface area (Å²) >= 11 is 0. The molecule has 1 atom stereocenters.